The summed E-state index contributed by atoms with van der Waals surface area (Å²) in [7, 11) is 1.79. The molecule has 0 aliphatic rings. The van der Waals surface area contributed by atoms with Crippen molar-refractivity contribution in [2.45, 2.75) is 19.9 Å². The fraction of sp³-hybridized carbons (Fsp3) is 0.167. The topological polar surface area (TPSA) is 100 Å². The molecule has 0 bridgehead atoms. The fourth-order valence-corrected chi connectivity index (χ4v) is 3.22. The van der Waals surface area contributed by atoms with Crippen molar-refractivity contribution in [1.82, 2.24) is 20.3 Å². The number of hydrogen-bond acceptors (Lipinski definition) is 7. The molecular formula is C24H22FN5O3. The molecule has 4 aromatic rings. The van der Waals surface area contributed by atoms with Gasteiger partial charge in [0.05, 0.1) is 22.7 Å². The summed E-state index contributed by atoms with van der Waals surface area (Å²) in [4.78, 5) is 26.1. The standard InChI is InChI=1S/C24H22FN5O3/c1-14(2)27-22(31)18-9-6-16(12-20(18)25)30(3)15-4-7-17(8-5-15)33-24-28-21-13-26-11-10-19(21)23(32)29-24/h4-14H,1-3H3,(H,27,31)(H,28,29,32). The average molecular weight is 447 g/mol. The Morgan fingerprint density at radius 1 is 1.09 bits per heavy atom. The van der Waals surface area contributed by atoms with E-state index >= 15 is 0 Å². The Balaban J connectivity index is 1.50. The number of halogens is 1. The molecule has 2 aromatic heterocycles. The SMILES string of the molecule is CC(C)NC(=O)c1ccc(N(C)c2ccc(Oc3nc(O)c4ccncc4n3)cc2)cc1F. The summed E-state index contributed by atoms with van der Waals surface area (Å²) in [6.07, 6.45) is 3.06. The van der Waals surface area contributed by atoms with E-state index < -0.39 is 11.7 Å². The van der Waals surface area contributed by atoms with E-state index in [0.717, 1.165) is 5.69 Å². The van der Waals surface area contributed by atoms with Crippen LogP contribution in [0.5, 0.6) is 17.6 Å². The van der Waals surface area contributed by atoms with Gasteiger partial charge in [0.1, 0.15) is 11.6 Å². The van der Waals surface area contributed by atoms with Crippen molar-refractivity contribution in [1.29, 1.82) is 0 Å². The first-order chi connectivity index (χ1) is 15.8. The highest BCUT2D eigenvalue weighted by Gasteiger charge is 2.15. The summed E-state index contributed by atoms with van der Waals surface area (Å²) in [5, 5.41) is 13.2. The summed E-state index contributed by atoms with van der Waals surface area (Å²) in [6.45, 7) is 3.63. The number of hydrogen-bond donors (Lipinski definition) is 2. The lowest BCUT2D eigenvalue weighted by Gasteiger charge is -2.20. The first-order valence-corrected chi connectivity index (χ1v) is 10.2. The van der Waals surface area contributed by atoms with Crippen LogP contribution in [0.1, 0.15) is 24.2 Å². The van der Waals surface area contributed by atoms with E-state index in [1.165, 1.54) is 18.3 Å². The van der Waals surface area contributed by atoms with Crippen LogP contribution in [0, 0.1) is 5.82 Å². The normalized spacial score (nSPS) is 10.9. The number of fused-ring (bicyclic) bond motifs is 1. The molecule has 8 nitrogen and oxygen atoms in total. The Kier molecular flexibility index (Phi) is 6.03. The number of amides is 1. The van der Waals surface area contributed by atoms with E-state index in [9.17, 15) is 14.3 Å². The Labute approximate surface area is 189 Å². The summed E-state index contributed by atoms with van der Waals surface area (Å²) in [5.74, 6) is -0.779. The molecule has 2 heterocycles. The van der Waals surface area contributed by atoms with Gasteiger partial charge in [-0.15, -0.1) is 0 Å². The van der Waals surface area contributed by atoms with Gasteiger partial charge in [-0.3, -0.25) is 9.78 Å². The predicted molar refractivity (Wildman–Crippen MR) is 123 cm³/mol. The third-order valence-electron chi connectivity index (χ3n) is 4.90. The quantitative estimate of drug-likeness (QED) is 0.447. The average Bonchev–Trinajstić information content (AvgIpc) is 2.78. The highest BCUT2D eigenvalue weighted by Crippen LogP contribution is 2.29. The highest BCUT2D eigenvalue weighted by atomic mass is 19.1. The van der Waals surface area contributed by atoms with E-state index in [0.29, 0.717) is 22.3 Å². The number of anilines is 2. The maximum absolute atomic E-state index is 14.5. The molecule has 2 aromatic carbocycles. The molecular weight excluding hydrogens is 425 g/mol. The lowest BCUT2D eigenvalue weighted by Crippen LogP contribution is -2.30. The van der Waals surface area contributed by atoms with E-state index in [1.54, 1.807) is 54.5 Å². The summed E-state index contributed by atoms with van der Waals surface area (Å²) >= 11 is 0. The predicted octanol–water partition coefficient (Wildman–Crippen LogP) is 4.57. The molecule has 1 amide bonds. The molecule has 0 aliphatic carbocycles. The van der Waals surface area contributed by atoms with E-state index in [1.807, 2.05) is 13.8 Å². The Morgan fingerprint density at radius 3 is 2.52 bits per heavy atom. The molecule has 0 aliphatic heterocycles. The van der Waals surface area contributed by atoms with Gasteiger partial charge in [-0.2, -0.15) is 9.97 Å². The van der Waals surface area contributed by atoms with Crippen LogP contribution in [0.3, 0.4) is 0 Å². The van der Waals surface area contributed by atoms with Gasteiger partial charge in [-0.25, -0.2) is 4.39 Å². The van der Waals surface area contributed by atoms with Crippen molar-refractivity contribution in [3.8, 4) is 17.6 Å². The number of nitrogens with zero attached hydrogens (tertiary/aromatic N) is 4. The van der Waals surface area contributed by atoms with Crippen LogP contribution in [0.2, 0.25) is 0 Å². The zero-order chi connectivity index (χ0) is 23.5. The van der Waals surface area contributed by atoms with Crippen LogP contribution < -0.4 is 15.0 Å². The number of carbonyl (C=O) groups excluding carboxylic acids is 1. The van der Waals surface area contributed by atoms with Gasteiger partial charge in [0, 0.05) is 30.7 Å². The van der Waals surface area contributed by atoms with Crippen molar-refractivity contribution in [3.05, 3.63) is 72.3 Å². The zero-order valence-electron chi connectivity index (χ0n) is 18.3. The lowest BCUT2D eigenvalue weighted by molar-refractivity contribution is 0.0939. The Bertz CT molecular complexity index is 1310. The van der Waals surface area contributed by atoms with Gasteiger partial charge in [0.25, 0.3) is 5.91 Å². The van der Waals surface area contributed by atoms with Gasteiger partial charge in [0.15, 0.2) is 0 Å². The molecule has 4 rings (SSSR count). The molecule has 0 fully saturated rings. The van der Waals surface area contributed by atoms with Crippen LogP contribution in [0.25, 0.3) is 10.9 Å². The van der Waals surface area contributed by atoms with Crippen LogP contribution in [-0.4, -0.2) is 39.1 Å². The molecule has 0 unspecified atom stereocenters. The van der Waals surface area contributed by atoms with E-state index in [4.69, 9.17) is 4.74 Å². The number of aromatic hydroxyl groups is 1. The second-order valence-corrected chi connectivity index (χ2v) is 7.67. The number of benzene rings is 2. The molecule has 0 radical (unpaired) electrons. The van der Waals surface area contributed by atoms with Gasteiger partial charge >= 0.3 is 6.01 Å². The van der Waals surface area contributed by atoms with Crippen molar-refractivity contribution in [2.75, 3.05) is 11.9 Å². The van der Waals surface area contributed by atoms with Gasteiger partial charge in [-0.05, 0) is 62.4 Å². The van der Waals surface area contributed by atoms with Crippen LogP contribution >= 0.6 is 0 Å². The number of carbonyl (C=O) groups is 1. The maximum atomic E-state index is 14.5. The van der Waals surface area contributed by atoms with Crippen LogP contribution in [0.4, 0.5) is 15.8 Å². The number of aromatic nitrogens is 3. The summed E-state index contributed by atoms with van der Waals surface area (Å²) < 4.78 is 20.2. The smallest absolute Gasteiger partial charge is 0.325 e. The Hall–Kier alpha value is -4.27. The minimum absolute atomic E-state index is 0.00145. The molecule has 168 valence electrons. The summed E-state index contributed by atoms with van der Waals surface area (Å²) in [6, 6.07) is 13.0. The van der Waals surface area contributed by atoms with Gasteiger partial charge in [0.2, 0.25) is 5.88 Å². The monoisotopic (exact) mass is 447 g/mol. The highest BCUT2D eigenvalue weighted by molar-refractivity contribution is 5.95. The Morgan fingerprint density at radius 2 is 1.82 bits per heavy atom. The third-order valence-corrected chi connectivity index (χ3v) is 4.90. The summed E-state index contributed by atoms with van der Waals surface area (Å²) in [5.41, 5.74) is 1.81. The minimum Gasteiger partial charge on any atom is -0.493 e. The second-order valence-electron chi connectivity index (χ2n) is 7.67. The van der Waals surface area contributed by atoms with Crippen LogP contribution in [-0.2, 0) is 0 Å². The minimum atomic E-state index is -0.597. The third kappa shape index (κ3) is 4.82. The van der Waals surface area contributed by atoms with Crippen molar-refractivity contribution >= 4 is 28.2 Å². The van der Waals surface area contributed by atoms with Gasteiger partial charge in [-0.1, -0.05) is 0 Å². The van der Waals surface area contributed by atoms with Crippen molar-refractivity contribution < 1.29 is 19.0 Å². The first-order valence-electron chi connectivity index (χ1n) is 10.2. The number of nitrogens with one attached hydrogen (secondary N) is 1. The molecule has 0 spiro atoms. The molecule has 33 heavy (non-hydrogen) atoms. The van der Waals surface area contributed by atoms with Crippen LogP contribution in [0.15, 0.2) is 60.9 Å². The van der Waals surface area contributed by atoms with E-state index in [-0.39, 0.29) is 23.5 Å². The number of rotatable bonds is 6. The number of ether oxygens (including phenoxy) is 1. The maximum Gasteiger partial charge on any atom is 0.325 e. The zero-order valence-corrected chi connectivity index (χ0v) is 18.3. The molecule has 0 atom stereocenters. The largest absolute Gasteiger partial charge is 0.493 e. The molecule has 9 heteroatoms. The fourth-order valence-electron chi connectivity index (χ4n) is 3.22. The molecule has 0 saturated carbocycles. The lowest BCUT2D eigenvalue weighted by atomic mass is 10.1. The van der Waals surface area contributed by atoms with Crippen molar-refractivity contribution in [2.24, 2.45) is 0 Å². The van der Waals surface area contributed by atoms with Gasteiger partial charge < -0.3 is 20.1 Å². The molecule has 0 saturated heterocycles. The second kappa shape index (κ2) is 9.07. The first kappa shape index (κ1) is 21.9. The number of pyridine rings is 1. The molecule has 2 N–H and O–H groups in total. The van der Waals surface area contributed by atoms with E-state index in [2.05, 4.69) is 20.3 Å². The van der Waals surface area contributed by atoms with Crippen molar-refractivity contribution in [3.63, 3.8) is 0 Å².